The Morgan fingerprint density at radius 1 is 1.23 bits per heavy atom. The maximum Gasteiger partial charge on any atom is 0.0230 e. The highest BCUT2D eigenvalue weighted by Crippen LogP contribution is 2.29. The Morgan fingerprint density at radius 3 is 2.54 bits per heavy atom. The van der Waals surface area contributed by atoms with Gasteiger partial charge in [0.25, 0.3) is 0 Å². The minimum Gasteiger partial charge on any atom is -0.302 e. The standard InChI is InChI=1S/C12H17N/c1-13(10-12-7-8-12)9-11-5-3-2-4-6-11/h2-6,12H,7-10H2,1H3. The van der Waals surface area contributed by atoms with Crippen LogP contribution in [-0.4, -0.2) is 18.5 Å². The van der Waals surface area contributed by atoms with E-state index in [1.54, 1.807) is 0 Å². The van der Waals surface area contributed by atoms with Gasteiger partial charge in [0, 0.05) is 13.1 Å². The fourth-order valence-corrected chi connectivity index (χ4v) is 1.70. The second-order valence-electron chi connectivity index (χ2n) is 4.13. The highest BCUT2D eigenvalue weighted by molar-refractivity contribution is 5.14. The average molecular weight is 175 g/mol. The second-order valence-corrected chi connectivity index (χ2v) is 4.13. The predicted octanol–water partition coefficient (Wildman–Crippen LogP) is 2.53. The van der Waals surface area contributed by atoms with Gasteiger partial charge in [0.05, 0.1) is 0 Å². The van der Waals surface area contributed by atoms with Crippen molar-refractivity contribution in [2.75, 3.05) is 13.6 Å². The molecule has 0 N–H and O–H groups in total. The third-order valence-corrected chi connectivity index (χ3v) is 2.56. The van der Waals surface area contributed by atoms with Crippen molar-refractivity contribution in [1.82, 2.24) is 4.90 Å². The van der Waals surface area contributed by atoms with Crippen molar-refractivity contribution in [3.63, 3.8) is 0 Å². The smallest absolute Gasteiger partial charge is 0.0230 e. The van der Waals surface area contributed by atoms with Crippen LogP contribution >= 0.6 is 0 Å². The zero-order valence-corrected chi connectivity index (χ0v) is 8.24. The van der Waals surface area contributed by atoms with Crippen LogP contribution in [0.15, 0.2) is 30.3 Å². The van der Waals surface area contributed by atoms with E-state index in [1.807, 2.05) is 0 Å². The summed E-state index contributed by atoms with van der Waals surface area (Å²) in [5.41, 5.74) is 1.42. The Hall–Kier alpha value is -0.820. The Labute approximate surface area is 80.4 Å². The molecule has 0 heterocycles. The van der Waals surface area contributed by atoms with Crippen LogP contribution < -0.4 is 0 Å². The number of hydrogen-bond donors (Lipinski definition) is 0. The molecule has 0 spiro atoms. The van der Waals surface area contributed by atoms with Gasteiger partial charge < -0.3 is 4.90 Å². The van der Waals surface area contributed by atoms with Gasteiger partial charge in [0.1, 0.15) is 0 Å². The molecule has 1 aromatic rings. The lowest BCUT2D eigenvalue weighted by molar-refractivity contribution is 0.313. The van der Waals surface area contributed by atoms with Crippen LogP contribution in [-0.2, 0) is 6.54 Å². The highest BCUT2D eigenvalue weighted by Gasteiger charge is 2.22. The molecule has 1 aliphatic rings. The molecule has 1 aliphatic carbocycles. The first-order valence-corrected chi connectivity index (χ1v) is 5.07. The first-order chi connectivity index (χ1) is 6.34. The Bertz CT molecular complexity index is 251. The molecule has 0 aliphatic heterocycles. The fourth-order valence-electron chi connectivity index (χ4n) is 1.70. The molecule has 1 aromatic carbocycles. The van der Waals surface area contributed by atoms with Gasteiger partial charge in [-0.1, -0.05) is 30.3 Å². The summed E-state index contributed by atoms with van der Waals surface area (Å²) in [6.45, 7) is 2.37. The van der Waals surface area contributed by atoms with E-state index in [4.69, 9.17) is 0 Å². The van der Waals surface area contributed by atoms with Crippen molar-refractivity contribution in [2.45, 2.75) is 19.4 Å². The minimum absolute atomic E-state index is 0.994. The number of nitrogens with zero attached hydrogens (tertiary/aromatic N) is 1. The van der Waals surface area contributed by atoms with Crippen LogP contribution in [0.1, 0.15) is 18.4 Å². The first kappa shape index (κ1) is 8.76. The molecule has 0 amide bonds. The maximum atomic E-state index is 2.42. The Balaban J connectivity index is 1.82. The lowest BCUT2D eigenvalue weighted by Crippen LogP contribution is -2.20. The van der Waals surface area contributed by atoms with Gasteiger partial charge in [0.2, 0.25) is 0 Å². The van der Waals surface area contributed by atoms with Gasteiger partial charge in [-0.25, -0.2) is 0 Å². The molecule has 13 heavy (non-hydrogen) atoms. The highest BCUT2D eigenvalue weighted by atomic mass is 15.1. The molecule has 0 bridgehead atoms. The predicted molar refractivity (Wildman–Crippen MR) is 55.5 cm³/mol. The molecule has 0 saturated heterocycles. The fraction of sp³-hybridized carbons (Fsp3) is 0.500. The molecule has 0 aromatic heterocycles. The lowest BCUT2D eigenvalue weighted by Gasteiger charge is -2.15. The third-order valence-electron chi connectivity index (χ3n) is 2.56. The monoisotopic (exact) mass is 175 g/mol. The summed E-state index contributed by atoms with van der Waals surface area (Å²) in [6, 6.07) is 10.7. The molecule has 1 nitrogen and oxygen atoms in total. The summed E-state index contributed by atoms with van der Waals surface area (Å²) < 4.78 is 0. The Kier molecular flexibility index (Phi) is 2.65. The van der Waals surface area contributed by atoms with E-state index in [9.17, 15) is 0 Å². The van der Waals surface area contributed by atoms with Gasteiger partial charge in [-0.15, -0.1) is 0 Å². The van der Waals surface area contributed by atoms with Gasteiger partial charge in [-0.3, -0.25) is 0 Å². The average Bonchev–Trinajstić information content (AvgIpc) is 2.90. The van der Waals surface area contributed by atoms with E-state index in [0.717, 1.165) is 12.5 Å². The SMILES string of the molecule is CN(Cc1ccccc1)CC1CC1. The number of hydrogen-bond acceptors (Lipinski definition) is 1. The van der Waals surface area contributed by atoms with Crippen molar-refractivity contribution in [1.29, 1.82) is 0 Å². The van der Waals surface area contributed by atoms with Crippen LogP contribution in [0.4, 0.5) is 0 Å². The molecule has 0 atom stereocenters. The van der Waals surface area contributed by atoms with E-state index < -0.39 is 0 Å². The molecule has 1 heteroatoms. The quantitative estimate of drug-likeness (QED) is 0.679. The summed E-state index contributed by atoms with van der Waals surface area (Å²) >= 11 is 0. The molecule has 1 fully saturated rings. The van der Waals surface area contributed by atoms with Crippen molar-refractivity contribution in [3.8, 4) is 0 Å². The largest absolute Gasteiger partial charge is 0.302 e. The zero-order valence-electron chi connectivity index (χ0n) is 8.24. The lowest BCUT2D eigenvalue weighted by atomic mass is 10.2. The van der Waals surface area contributed by atoms with Crippen LogP contribution in [0.2, 0.25) is 0 Å². The molecule has 0 radical (unpaired) electrons. The molecular formula is C12H17N. The minimum atomic E-state index is 0.994. The summed E-state index contributed by atoms with van der Waals surface area (Å²) in [7, 11) is 2.21. The van der Waals surface area contributed by atoms with Crippen LogP contribution in [0.25, 0.3) is 0 Å². The van der Waals surface area contributed by atoms with E-state index in [0.29, 0.717) is 0 Å². The van der Waals surface area contributed by atoms with Crippen molar-refractivity contribution >= 4 is 0 Å². The van der Waals surface area contributed by atoms with Crippen LogP contribution in [0, 0.1) is 5.92 Å². The molecule has 0 unspecified atom stereocenters. The van der Waals surface area contributed by atoms with Gasteiger partial charge in [-0.2, -0.15) is 0 Å². The van der Waals surface area contributed by atoms with E-state index in [-0.39, 0.29) is 0 Å². The summed E-state index contributed by atoms with van der Waals surface area (Å²) in [5.74, 6) is 0.994. The third kappa shape index (κ3) is 2.85. The summed E-state index contributed by atoms with van der Waals surface area (Å²) in [4.78, 5) is 2.42. The van der Waals surface area contributed by atoms with Crippen LogP contribution in [0.3, 0.4) is 0 Å². The molecule has 1 saturated carbocycles. The van der Waals surface area contributed by atoms with Crippen molar-refractivity contribution < 1.29 is 0 Å². The summed E-state index contributed by atoms with van der Waals surface area (Å²) in [5, 5.41) is 0. The normalized spacial score (nSPS) is 16.5. The van der Waals surface area contributed by atoms with Gasteiger partial charge in [-0.05, 0) is 31.4 Å². The molecule has 70 valence electrons. The number of benzene rings is 1. The van der Waals surface area contributed by atoms with Gasteiger partial charge >= 0.3 is 0 Å². The van der Waals surface area contributed by atoms with Crippen molar-refractivity contribution in [2.24, 2.45) is 5.92 Å². The maximum absolute atomic E-state index is 2.42. The second kappa shape index (κ2) is 3.93. The molecule has 2 rings (SSSR count). The topological polar surface area (TPSA) is 3.24 Å². The zero-order chi connectivity index (χ0) is 9.10. The summed E-state index contributed by atoms with van der Waals surface area (Å²) in [6.07, 6.45) is 2.89. The first-order valence-electron chi connectivity index (χ1n) is 5.07. The number of rotatable bonds is 4. The molecular weight excluding hydrogens is 158 g/mol. The van der Waals surface area contributed by atoms with Gasteiger partial charge in [0.15, 0.2) is 0 Å². The van der Waals surface area contributed by atoms with E-state index in [2.05, 4.69) is 42.3 Å². The van der Waals surface area contributed by atoms with Crippen molar-refractivity contribution in [3.05, 3.63) is 35.9 Å². The van der Waals surface area contributed by atoms with Crippen LogP contribution in [0.5, 0.6) is 0 Å². The Morgan fingerprint density at radius 2 is 1.92 bits per heavy atom. The van der Waals surface area contributed by atoms with E-state index in [1.165, 1.54) is 24.9 Å². The van der Waals surface area contributed by atoms with E-state index >= 15 is 0 Å².